The van der Waals surface area contributed by atoms with E-state index >= 15 is 0 Å². The molecule has 84 valence electrons. The molecule has 0 aliphatic heterocycles. The van der Waals surface area contributed by atoms with E-state index in [1.807, 2.05) is 6.07 Å². The van der Waals surface area contributed by atoms with Crippen molar-refractivity contribution in [2.24, 2.45) is 0 Å². The summed E-state index contributed by atoms with van der Waals surface area (Å²) in [6, 6.07) is 12.2. The minimum atomic E-state index is -0.960. The number of hydrogen-bond donors (Lipinski definition) is 1. The molecule has 0 amide bonds. The number of aromatic carboxylic acids is 1. The average molecular weight is 225 g/mol. The summed E-state index contributed by atoms with van der Waals surface area (Å²) in [6.45, 7) is 3.91. The monoisotopic (exact) mass is 225 g/mol. The van der Waals surface area contributed by atoms with Crippen molar-refractivity contribution in [2.45, 2.75) is 0 Å². The molecule has 0 saturated heterocycles. The molecule has 0 spiro atoms. The molecule has 2 aromatic rings. The molecule has 3 nitrogen and oxygen atoms in total. The number of carboxylic acids is 1. The summed E-state index contributed by atoms with van der Waals surface area (Å²) in [7, 11) is 0. The van der Waals surface area contributed by atoms with E-state index < -0.39 is 5.97 Å². The van der Waals surface area contributed by atoms with Crippen molar-refractivity contribution >= 4 is 11.5 Å². The van der Waals surface area contributed by atoms with Crippen LogP contribution in [0, 0.1) is 0 Å². The zero-order valence-electron chi connectivity index (χ0n) is 9.13. The van der Waals surface area contributed by atoms with Crippen LogP contribution in [0.5, 0.6) is 0 Å². The van der Waals surface area contributed by atoms with Crippen LogP contribution in [-0.2, 0) is 0 Å². The van der Waals surface area contributed by atoms with Gasteiger partial charge in [-0.25, -0.2) is 4.79 Å². The molecule has 0 aliphatic carbocycles. The van der Waals surface area contributed by atoms with Gasteiger partial charge in [-0.15, -0.1) is 0 Å². The predicted molar refractivity (Wildman–Crippen MR) is 65.8 cm³/mol. The molecule has 1 N–H and O–H groups in total. The fraction of sp³-hybridized carbons (Fsp3) is 0. The van der Waals surface area contributed by atoms with Gasteiger partial charge in [0.25, 0.3) is 0 Å². The highest BCUT2D eigenvalue weighted by atomic mass is 16.4. The first-order valence-electron chi connectivity index (χ1n) is 5.13. The first-order valence-corrected chi connectivity index (χ1v) is 5.13. The third kappa shape index (κ3) is 2.23. The number of carboxylic acid groups (broad SMARTS) is 1. The second-order valence-corrected chi connectivity index (χ2v) is 3.54. The van der Waals surface area contributed by atoms with Gasteiger partial charge in [-0.05, 0) is 23.8 Å². The van der Waals surface area contributed by atoms with Crippen LogP contribution >= 0.6 is 0 Å². The van der Waals surface area contributed by atoms with E-state index in [1.165, 1.54) is 0 Å². The van der Waals surface area contributed by atoms with Crippen LogP contribution in [0.4, 0.5) is 0 Å². The summed E-state index contributed by atoms with van der Waals surface area (Å²) in [5.41, 5.74) is 2.13. The van der Waals surface area contributed by atoms with Crippen molar-refractivity contribution in [1.82, 2.24) is 4.98 Å². The Morgan fingerprint density at radius 1 is 1.06 bits per heavy atom. The Morgan fingerprint density at radius 2 is 1.71 bits per heavy atom. The van der Waals surface area contributed by atoms with Crippen molar-refractivity contribution in [3.63, 3.8) is 0 Å². The molecule has 3 heteroatoms. The van der Waals surface area contributed by atoms with Crippen LogP contribution in [0.25, 0.3) is 5.57 Å². The zero-order chi connectivity index (χ0) is 12.3. The summed E-state index contributed by atoms with van der Waals surface area (Å²) in [4.78, 5) is 15.3. The SMILES string of the molecule is C=C(c1ccccn1)c1ccccc1C(=O)O. The van der Waals surface area contributed by atoms with Gasteiger partial charge < -0.3 is 5.11 Å². The molecule has 0 aliphatic rings. The smallest absolute Gasteiger partial charge is 0.336 e. The standard InChI is InChI=1S/C14H11NO2/c1-10(13-8-4-5-9-15-13)11-6-2-3-7-12(11)14(16)17/h2-9H,1H2,(H,16,17). The van der Waals surface area contributed by atoms with Crippen molar-refractivity contribution in [2.75, 3.05) is 0 Å². The number of nitrogens with zero attached hydrogens (tertiary/aromatic N) is 1. The third-order valence-corrected chi connectivity index (χ3v) is 2.46. The number of rotatable bonds is 3. The van der Waals surface area contributed by atoms with E-state index in [9.17, 15) is 4.79 Å². The van der Waals surface area contributed by atoms with Crippen molar-refractivity contribution < 1.29 is 9.90 Å². The van der Waals surface area contributed by atoms with Crippen LogP contribution in [-0.4, -0.2) is 16.1 Å². The molecule has 1 aromatic heterocycles. The highest BCUT2D eigenvalue weighted by molar-refractivity contribution is 5.96. The highest BCUT2D eigenvalue weighted by Crippen LogP contribution is 2.22. The predicted octanol–water partition coefficient (Wildman–Crippen LogP) is 2.84. The van der Waals surface area contributed by atoms with Gasteiger partial charge in [-0.3, -0.25) is 4.98 Å². The van der Waals surface area contributed by atoms with E-state index in [0.717, 1.165) is 0 Å². The molecular formula is C14H11NO2. The molecule has 0 atom stereocenters. The van der Waals surface area contributed by atoms with E-state index in [1.54, 1.807) is 42.6 Å². The molecular weight excluding hydrogens is 214 g/mol. The summed E-state index contributed by atoms with van der Waals surface area (Å²) < 4.78 is 0. The van der Waals surface area contributed by atoms with E-state index in [-0.39, 0.29) is 5.56 Å². The van der Waals surface area contributed by atoms with Gasteiger partial charge in [0, 0.05) is 11.8 Å². The van der Waals surface area contributed by atoms with Crippen LogP contribution in [0.1, 0.15) is 21.6 Å². The van der Waals surface area contributed by atoms with Gasteiger partial charge >= 0.3 is 5.97 Å². The van der Waals surface area contributed by atoms with Gasteiger partial charge in [0.1, 0.15) is 0 Å². The lowest BCUT2D eigenvalue weighted by Crippen LogP contribution is -2.02. The minimum Gasteiger partial charge on any atom is -0.478 e. The molecule has 1 heterocycles. The molecule has 17 heavy (non-hydrogen) atoms. The van der Waals surface area contributed by atoms with Gasteiger partial charge in [-0.1, -0.05) is 30.8 Å². The third-order valence-electron chi connectivity index (χ3n) is 2.46. The van der Waals surface area contributed by atoms with Crippen LogP contribution in [0.15, 0.2) is 55.2 Å². The Labute approximate surface area is 99.1 Å². The molecule has 0 bridgehead atoms. The van der Waals surface area contributed by atoms with E-state index in [0.29, 0.717) is 16.8 Å². The van der Waals surface area contributed by atoms with E-state index in [2.05, 4.69) is 11.6 Å². The van der Waals surface area contributed by atoms with Gasteiger partial charge in [-0.2, -0.15) is 0 Å². The maximum absolute atomic E-state index is 11.1. The first kappa shape index (κ1) is 11.1. The number of hydrogen-bond acceptors (Lipinski definition) is 2. The number of pyridine rings is 1. The Morgan fingerprint density at radius 3 is 2.29 bits per heavy atom. The van der Waals surface area contributed by atoms with E-state index in [4.69, 9.17) is 5.11 Å². The quantitative estimate of drug-likeness (QED) is 0.873. The van der Waals surface area contributed by atoms with Gasteiger partial charge in [0.2, 0.25) is 0 Å². The molecule has 2 rings (SSSR count). The largest absolute Gasteiger partial charge is 0.478 e. The van der Waals surface area contributed by atoms with Crippen LogP contribution in [0.2, 0.25) is 0 Å². The van der Waals surface area contributed by atoms with Crippen molar-refractivity contribution in [1.29, 1.82) is 0 Å². The normalized spacial score (nSPS) is 9.88. The topological polar surface area (TPSA) is 50.2 Å². The lowest BCUT2D eigenvalue weighted by Gasteiger charge is -2.08. The summed E-state index contributed by atoms with van der Waals surface area (Å²) >= 11 is 0. The molecule has 0 fully saturated rings. The lowest BCUT2D eigenvalue weighted by atomic mass is 9.98. The zero-order valence-corrected chi connectivity index (χ0v) is 9.13. The summed E-state index contributed by atoms with van der Waals surface area (Å²) in [5, 5.41) is 9.10. The average Bonchev–Trinajstić information content (AvgIpc) is 2.39. The highest BCUT2D eigenvalue weighted by Gasteiger charge is 2.12. The Hall–Kier alpha value is -2.42. The molecule has 0 unspecified atom stereocenters. The molecule has 0 radical (unpaired) electrons. The lowest BCUT2D eigenvalue weighted by molar-refractivity contribution is 0.0696. The molecule has 1 aromatic carbocycles. The second kappa shape index (κ2) is 4.61. The fourth-order valence-electron chi connectivity index (χ4n) is 1.61. The van der Waals surface area contributed by atoms with Crippen molar-refractivity contribution in [3.8, 4) is 0 Å². The van der Waals surface area contributed by atoms with Gasteiger partial charge in [0.15, 0.2) is 0 Å². The summed E-state index contributed by atoms with van der Waals surface area (Å²) in [5.74, 6) is -0.960. The fourth-order valence-corrected chi connectivity index (χ4v) is 1.61. The Balaban J connectivity index is 2.48. The maximum atomic E-state index is 11.1. The Bertz CT molecular complexity index is 561. The number of benzene rings is 1. The van der Waals surface area contributed by atoms with Crippen molar-refractivity contribution in [3.05, 3.63) is 72.1 Å². The van der Waals surface area contributed by atoms with Crippen LogP contribution in [0.3, 0.4) is 0 Å². The molecule has 0 saturated carbocycles. The second-order valence-electron chi connectivity index (χ2n) is 3.54. The number of aromatic nitrogens is 1. The minimum absolute atomic E-state index is 0.239. The first-order chi connectivity index (χ1) is 8.20. The Kier molecular flexibility index (Phi) is 3.01. The van der Waals surface area contributed by atoms with Gasteiger partial charge in [0.05, 0.1) is 11.3 Å². The summed E-state index contributed by atoms with van der Waals surface area (Å²) in [6.07, 6.45) is 1.66. The number of carbonyl (C=O) groups is 1. The maximum Gasteiger partial charge on any atom is 0.336 e. The van der Waals surface area contributed by atoms with Crippen LogP contribution < -0.4 is 0 Å².